The highest BCUT2D eigenvalue weighted by Crippen LogP contribution is 2.40. The van der Waals surface area contributed by atoms with Gasteiger partial charge in [0.2, 0.25) is 5.91 Å². The average molecular weight is 439 g/mol. The van der Waals surface area contributed by atoms with Crippen molar-refractivity contribution in [3.63, 3.8) is 0 Å². The van der Waals surface area contributed by atoms with Crippen LogP contribution in [0.25, 0.3) is 0 Å². The number of fused-ring (bicyclic) bond motifs is 2. The normalized spacial score (nSPS) is 22.8. The van der Waals surface area contributed by atoms with Gasteiger partial charge < -0.3 is 14.5 Å². The van der Waals surface area contributed by atoms with Crippen LogP contribution in [-0.2, 0) is 17.8 Å². The molecule has 2 unspecified atom stereocenters. The summed E-state index contributed by atoms with van der Waals surface area (Å²) < 4.78 is 19.2. The number of hydrogen-bond donors (Lipinski definition) is 0. The van der Waals surface area contributed by atoms with Gasteiger partial charge in [-0.3, -0.25) is 4.79 Å². The Kier molecular flexibility index (Phi) is 7.14. The lowest BCUT2D eigenvalue weighted by molar-refractivity contribution is -0.136. The number of carbonyl (C=O) groups is 1. The Balaban J connectivity index is 1.50. The van der Waals surface area contributed by atoms with Crippen molar-refractivity contribution in [2.24, 2.45) is 17.8 Å². The molecule has 5 heteroatoms. The van der Waals surface area contributed by atoms with Gasteiger partial charge in [-0.05, 0) is 73.0 Å². The van der Waals surface area contributed by atoms with Crippen LogP contribution >= 0.6 is 0 Å². The van der Waals surface area contributed by atoms with Crippen molar-refractivity contribution in [2.45, 2.75) is 45.7 Å². The molecule has 172 valence electrons. The monoisotopic (exact) mass is 438 g/mol. The molecular formula is C27H35FN2O2. The Morgan fingerprint density at radius 3 is 2.22 bits per heavy atom. The van der Waals surface area contributed by atoms with Gasteiger partial charge >= 0.3 is 0 Å². The summed E-state index contributed by atoms with van der Waals surface area (Å²) in [6.45, 7) is 7.54. The lowest BCUT2D eigenvalue weighted by atomic mass is 9.90. The van der Waals surface area contributed by atoms with Crippen molar-refractivity contribution < 1.29 is 13.9 Å². The molecular weight excluding hydrogens is 403 g/mol. The van der Waals surface area contributed by atoms with Crippen LogP contribution in [0.4, 0.5) is 4.39 Å². The number of nitrogens with zero attached hydrogens (tertiary/aromatic N) is 2. The summed E-state index contributed by atoms with van der Waals surface area (Å²) in [5.74, 6) is 2.24. The van der Waals surface area contributed by atoms with E-state index < -0.39 is 0 Å². The first-order chi connectivity index (χ1) is 15.4. The van der Waals surface area contributed by atoms with E-state index in [1.807, 2.05) is 24.3 Å². The summed E-state index contributed by atoms with van der Waals surface area (Å²) in [6.07, 6.45) is 2.72. The van der Waals surface area contributed by atoms with E-state index in [4.69, 9.17) is 4.74 Å². The van der Waals surface area contributed by atoms with E-state index in [1.165, 1.54) is 25.0 Å². The SMILES string of the molecule is CC(C)COc1ccc(CC(=O)N(Cc2ccc(F)cc2)C2C3CCC2CN(C)C3)cc1. The van der Waals surface area contributed by atoms with E-state index in [1.54, 1.807) is 12.1 Å². The van der Waals surface area contributed by atoms with Crippen molar-refractivity contribution >= 4 is 5.91 Å². The number of rotatable bonds is 8. The lowest BCUT2D eigenvalue weighted by Crippen LogP contribution is -2.53. The first-order valence-corrected chi connectivity index (χ1v) is 11.8. The summed E-state index contributed by atoms with van der Waals surface area (Å²) in [5, 5.41) is 0. The number of carbonyl (C=O) groups excluding carboxylic acids is 1. The van der Waals surface area contributed by atoms with Crippen LogP contribution in [0.3, 0.4) is 0 Å². The minimum Gasteiger partial charge on any atom is -0.493 e. The molecule has 4 nitrogen and oxygen atoms in total. The molecule has 4 rings (SSSR count). The maximum atomic E-state index is 13.6. The van der Waals surface area contributed by atoms with Crippen molar-refractivity contribution in [3.8, 4) is 5.75 Å². The fraction of sp³-hybridized carbons (Fsp3) is 0.519. The maximum Gasteiger partial charge on any atom is 0.227 e. The molecule has 0 N–H and O–H groups in total. The van der Waals surface area contributed by atoms with Gasteiger partial charge in [-0.2, -0.15) is 0 Å². The molecule has 0 spiro atoms. The van der Waals surface area contributed by atoms with Gasteiger partial charge in [0, 0.05) is 25.7 Å². The zero-order valence-electron chi connectivity index (χ0n) is 19.5. The quantitative estimate of drug-likeness (QED) is 0.595. The Hall–Kier alpha value is -2.40. The van der Waals surface area contributed by atoms with Gasteiger partial charge in [0.05, 0.1) is 13.0 Å². The standard InChI is InChI=1S/C27H35FN2O2/c1-19(2)18-32-25-12-6-20(7-13-25)14-26(31)30(15-21-4-10-24(28)11-5-21)27-22-8-9-23(27)17-29(3)16-22/h4-7,10-13,19,22-23,27H,8-9,14-18H2,1-3H3. The fourth-order valence-corrected chi connectivity index (χ4v) is 5.33. The van der Waals surface area contributed by atoms with Gasteiger partial charge in [0.25, 0.3) is 0 Å². The second kappa shape index (κ2) is 10.0. The zero-order valence-corrected chi connectivity index (χ0v) is 19.5. The number of hydrogen-bond acceptors (Lipinski definition) is 3. The molecule has 2 aromatic carbocycles. The van der Waals surface area contributed by atoms with E-state index in [2.05, 4.69) is 30.7 Å². The van der Waals surface area contributed by atoms with E-state index >= 15 is 0 Å². The van der Waals surface area contributed by atoms with Gasteiger partial charge in [-0.25, -0.2) is 4.39 Å². The van der Waals surface area contributed by atoms with Gasteiger partial charge in [0.1, 0.15) is 11.6 Å². The van der Waals surface area contributed by atoms with Gasteiger partial charge in [-0.1, -0.05) is 38.1 Å². The molecule has 1 aliphatic heterocycles. The number of benzene rings is 2. The minimum atomic E-state index is -0.245. The van der Waals surface area contributed by atoms with E-state index in [9.17, 15) is 9.18 Å². The van der Waals surface area contributed by atoms with Crippen LogP contribution in [-0.4, -0.2) is 48.5 Å². The predicted molar refractivity (Wildman–Crippen MR) is 125 cm³/mol. The number of halogens is 1. The van der Waals surface area contributed by atoms with Crippen LogP contribution < -0.4 is 4.74 Å². The maximum absolute atomic E-state index is 13.6. The lowest BCUT2D eigenvalue weighted by Gasteiger charge is -2.43. The summed E-state index contributed by atoms with van der Waals surface area (Å²) in [4.78, 5) is 18.1. The molecule has 0 aromatic heterocycles. The predicted octanol–water partition coefficient (Wildman–Crippen LogP) is 4.77. The third-order valence-corrected chi connectivity index (χ3v) is 6.78. The number of likely N-dealkylation sites (tertiary alicyclic amines) is 1. The Bertz CT molecular complexity index is 883. The highest BCUT2D eigenvalue weighted by molar-refractivity contribution is 5.79. The molecule has 1 aliphatic carbocycles. The average Bonchev–Trinajstić information content (AvgIpc) is 3.02. The summed E-state index contributed by atoms with van der Waals surface area (Å²) in [7, 11) is 2.18. The van der Waals surface area contributed by atoms with Crippen molar-refractivity contribution in [1.29, 1.82) is 0 Å². The topological polar surface area (TPSA) is 32.8 Å². The summed E-state index contributed by atoms with van der Waals surface area (Å²) in [6, 6.07) is 14.7. The molecule has 2 fully saturated rings. The second-order valence-electron chi connectivity index (χ2n) is 9.98. The molecule has 1 heterocycles. The van der Waals surface area contributed by atoms with Crippen LogP contribution in [0.5, 0.6) is 5.75 Å². The molecule has 1 amide bonds. The first-order valence-electron chi connectivity index (χ1n) is 11.8. The Morgan fingerprint density at radius 1 is 1.03 bits per heavy atom. The van der Waals surface area contributed by atoms with Crippen molar-refractivity contribution in [1.82, 2.24) is 9.80 Å². The van der Waals surface area contributed by atoms with E-state index in [-0.39, 0.29) is 17.8 Å². The van der Waals surface area contributed by atoms with Crippen molar-refractivity contribution in [2.75, 3.05) is 26.7 Å². The molecule has 2 aromatic rings. The second-order valence-corrected chi connectivity index (χ2v) is 9.98. The first kappa shape index (κ1) is 22.8. The molecule has 1 saturated heterocycles. The molecule has 32 heavy (non-hydrogen) atoms. The molecule has 0 radical (unpaired) electrons. The highest BCUT2D eigenvalue weighted by atomic mass is 19.1. The van der Waals surface area contributed by atoms with Gasteiger partial charge in [-0.15, -0.1) is 0 Å². The summed E-state index contributed by atoms with van der Waals surface area (Å²) in [5.41, 5.74) is 1.98. The fourth-order valence-electron chi connectivity index (χ4n) is 5.33. The number of piperidine rings is 1. The van der Waals surface area contributed by atoms with Crippen LogP contribution in [0.15, 0.2) is 48.5 Å². The Labute approximate surface area is 191 Å². The number of ether oxygens (including phenoxy) is 1. The number of amides is 1. The smallest absolute Gasteiger partial charge is 0.227 e. The van der Waals surface area contributed by atoms with E-state index in [0.29, 0.717) is 37.3 Å². The van der Waals surface area contributed by atoms with Crippen LogP contribution in [0.2, 0.25) is 0 Å². The highest BCUT2D eigenvalue weighted by Gasteiger charge is 2.45. The van der Waals surface area contributed by atoms with Crippen molar-refractivity contribution in [3.05, 3.63) is 65.5 Å². The third kappa shape index (κ3) is 5.50. The molecule has 2 bridgehead atoms. The third-order valence-electron chi connectivity index (χ3n) is 6.78. The summed E-state index contributed by atoms with van der Waals surface area (Å²) >= 11 is 0. The minimum absolute atomic E-state index is 0.150. The molecule has 1 saturated carbocycles. The van der Waals surface area contributed by atoms with Crippen LogP contribution in [0.1, 0.15) is 37.8 Å². The molecule has 2 aliphatic rings. The largest absolute Gasteiger partial charge is 0.493 e. The van der Waals surface area contributed by atoms with E-state index in [0.717, 1.165) is 30.0 Å². The van der Waals surface area contributed by atoms with Crippen LogP contribution in [0, 0.1) is 23.6 Å². The Morgan fingerprint density at radius 2 is 1.62 bits per heavy atom. The zero-order chi connectivity index (χ0) is 22.7. The molecule has 2 atom stereocenters. The van der Waals surface area contributed by atoms with Gasteiger partial charge in [0.15, 0.2) is 0 Å².